The summed E-state index contributed by atoms with van der Waals surface area (Å²) in [4.78, 5) is 26.3. The van der Waals surface area contributed by atoms with Crippen molar-refractivity contribution in [2.75, 3.05) is 29.9 Å². The molecule has 2 rings (SSSR count). The monoisotopic (exact) mass is 354 g/mol. The normalized spacial score (nSPS) is 10.3. The van der Waals surface area contributed by atoms with Gasteiger partial charge in [0.1, 0.15) is 0 Å². The summed E-state index contributed by atoms with van der Waals surface area (Å²) >= 11 is 0. The number of nitrogens with zero attached hydrogens (tertiary/aromatic N) is 1. The molecule has 138 valence electrons. The number of carbonyl (C=O) groups excluding carboxylic acids is 2. The van der Waals surface area contributed by atoms with E-state index < -0.39 is 5.97 Å². The summed E-state index contributed by atoms with van der Waals surface area (Å²) in [6.45, 7) is 9.57. The second-order valence-electron chi connectivity index (χ2n) is 6.16. The molecular weight excluding hydrogens is 328 g/mol. The molecule has 5 nitrogen and oxygen atoms in total. The number of anilines is 2. The topological polar surface area (TPSA) is 58.6 Å². The number of nitrogens with one attached hydrogen (secondary N) is 1. The quantitative estimate of drug-likeness (QED) is 0.765. The third kappa shape index (κ3) is 5.09. The number of hydrogen-bond acceptors (Lipinski definition) is 4. The van der Waals surface area contributed by atoms with Crippen molar-refractivity contribution in [3.63, 3.8) is 0 Å². The lowest BCUT2D eigenvalue weighted by atomic mass is 10.1. The Bertz CT molecular complexity index is 765. The van der Waals surface area contributed by atoms with Crippen molar-refractivity contribution in [3.05, 3.63) is 59.2 Å². The largest absolute Gasteiger partial charge is 0.452 e. The Labute approximate surface area is 155 Å². The van der Waals surface area contributed by atoms with Gasteiger partial charge < -0.3 is 15.0 Å². The molecule has 0 spiro atoms. The highest BCUT2D eigenvalue weighted by Gasteiger charge is 2.12. The predicted molar refractivity (Wildman–Crippen MR) is 105 cm³/mol. The van der Waals surface area contributed by atoms with Crippen LogP contribution < -0.4 is 10.2 Å². The first-order chi connectivity index (χ1) is 12.4. The van der Waals surface area contributed by atoms with E-state index >= 15 is 0 Å². The summed E-state index contributed by atoms with van der Waals surface area (Å²) in [6, 6.07) is 13.0. The predicted octanol–water partition coefficient (Wildman–Crippen LogP) is 3.95. The van der Waals surface area contributed by atoms with Crippen LogP contribution in [0.5, 0.6) is 0 Å². The van der Waals surface area contributed by atoms with Gasteiger partial charge in [-0.1, -0.05) is 17.7 Å². The van der Waals surface area contributed by atoms with E-state index in [2.05, 4.69) is 24.1 Å². The van der Waals surface area contributed by atoms with E-state index in [0.717, 1.165) is 35.6 Å². The first kappa shape index (κ1) is 19.5. The van der Waals surface area contributed by atoms with E-state index in [-0.39, 0.29) is 12.5 Å². The Morgan fingerprint density at radius 3 is 2.23 bits per heavy atom. The Morgan fingerprint density at radius 2 is 1.65 bits per heavy atom. The fraction of sp³-hybridized carbons (Fsp3) is 0.333. The third-order valence-electron chi connectivity index (χ3n) is 4.22. The van der Waals surface area contributed by atoms with Gasteiger partial charge in [0.2, 0.25) is 0 Å². The van der Waals surface area contributed by atoms with E-state index in [1.54, 1.807) is 12.1 Å². The highest BCUT2D eigenvalue weighted by atomic mass is 16.5. The van der Waals surface area contributed by atoms with Crippen LogP contribution in [0.2, 0.25) is 0 Å². The van der Waals surface area contributed by atoms with Crippen LogP contribution in [-0.2, 0) is 9.53 Å². The zero-order valence-electron chi connectivity index (χ0n) is 15.8. The maximum Gasteiger partial charge on any atom is 0.338 e. The van der Waals surface area contributed by atoms with Crippen molar-refractivity contribution in [1.29, 1.82) is 0 Å². The molecule has 0 fully saturated rings. The minimum absolute atomic E-state index is 0.316. The summed E-state index contributed by atoms with van der Waals surface area (Å²) in [7, 11) is 0. The Morgan fingerprint density at radius 1 is 1.00 bits per heavy atom. The van der Waals surface area contributed by atoms with Gasteiger partial charge in [0.15, 0.2) is 6.61 Å². The number of aryl methyl sites for hydroxylation is 2. The van der Waals surface area contributed by atoms with Crippen LogP contribution in [0.25, 0.3) is 0 Å². The second-order valence-corrected chi connectivity index (χ2v) is 6.16. The van der Waals surface area contributed by atoms with Gasteiger partial charge in [-0.25, -0.2) is 4.79 Å². The summed E-state index contributed by atoms with van der Waals surface area (Å²) in [6.07, 6.45) is 0. The zero-order valence-corrected chi connectivity index (χ0v) is 15.8. The number of hydrogen-bond donors (Lipinski definition) is 1. The average molecular weight is 354 g/mol. The molecule has 2 aromatic carbocycles. The molecule has 0 saturated carbocycles. The van der Waals surface area contributed by atoms with Gasteiger partial charge in [0, 0.05) is 24.5 Å². The molecule has 1 amide bonds. The van der Waals surface area contributed by atoms with Crippen LogP contribution in [-0.4, -0.2) is 31.6 Å². The van der Waals surface area contributed by atoms with Crippen LogP contribution in [0.3, 0.4) is 0 Å². The molecule has 26 heavy (non-hydrogen) atoms. The van der Waals surface area contributed by atoms with Gasteiger partial charge in [-0.3, -0.25) is 4.79 Å². The summed E-state index contributed by atoms with van der Waals surface area (Å²) in [5.41, 5.74) is 4.30. The minimum atomic E-state index is -0.508. The molecule has 0 aliphatic rings. The first-order valence-corrected chi connectivity index (χ1v) is 8.83. The number of esters is 1. The van der Waals surface area contributed by atoms with Crippen molar-refractivity contribution >= 4 is 23.3 Å². The SMILES string of the molecule is CCN(CC)c1ccc(C(=O)OCC(=O)Nc2ccc(C)cc2C)cc1. The van der Waals surface area contributed by atoms with Gasteiger partial charge in [-0.15, -0.1) is 0 Å². The molecule has 0 saturated heterocycles. The second kappa shape index (κ2) is 9.04. The lowest BCUT2D eigenvalue weighted by Crippen LogP contribution is -2.22. The van der Waals surface area contributed by atoms with Crippen molar-refractivity contribution in [3.8, 4) is 0 Å². The Balaban J connectivity index is 1.90. The van der Waals surface area contributed by atoms with Crippen LogP contribution >= 0.6 is 0 Å². The molecule has 1 N–H and O–H groups in total. The highest BCUT2D eigenvalue weighted by molar-refractivity contribution is 5.96. The van der Waals surface area contributed by atoms with Crippen LogP contribution in [0.1, 0.15) is 35.3 Å². The van der Waals surface area contributed by atoms with Gasteiger partial charge in [0.05, 0.1) is 5.56 Å². The highest BCUT2D eigenvalue weighted by Crippen LogP contribution is 2.17. The molecule has 0 unspecified atom stereocenters. The van der Waals surface area contributed by atoms with Crippen molar-refractivity contribution in [2.45, 2.75) is 27.7 Å². The fourth-order valence-electron chi connectivity index (χ4n) is 2.75. The fourth-order valence-corrected chi connectivity index (χ4v) is 2.75. The van der Waals surface area contributed by atoms with Crippen LogP contribution in [0, 0.1) is 13.8 Å². The molecule has 0 aliphatic heterocycles. The molecule has 0 atom stereocenters. The van der Waals surface area contributed by atoms with E-state index in [1.165, 1.54) is 0 Å². The molecular formula is C21H26N2O3. The summed E-state index contributed by atoms with van der Waals surface area (Å²) < 4.78 is 5.11. The average Bonchev–Trinajstić information content (AvgIpc) is 2.63. The summed E-state index contributed by atoms with van der Waals surface area (Å²) in [5.74, 6) is -0.864. The third-order valence-corrected chi connectivity index (χ3v) is 4.22. The van der Waals surface area contributed by atoms with Gasteiger partial charge in [-0.05, 0) is 63.6 Å². The number of amides is 1. The number of carbonyl (C=O) groups is 2. The number of rotatable bonds is 7. The maximum absolute atomic E-state index is 12.1. The number of benzene rings is 2. The van der Waals surface area contributed by atoms with Crippen molar-refractivity contribution < 1.29 is 14.3 Å². The van der Waals surface area contributed by atoms with Gasteiger partial charge in [-0.2, -0.15) is 0 Å². The Hall–Kier alpha value is -2.82. The first-order valence-electron chi connectivity index (χ1n) is 8.83. The van der Waals surface area contributed by atoms with Crippen molar-refractivity contribution in [1.82, 2.24) is 0 Å². The summed E-state index contributed by atoms with van der Waals surface area (Å²) in [5, 5.41) is 2.76. The smallest absolute Gasteiger partial charge is 0.338 e. The van der Waals surface area contributed by atoms with E-state index in [0.29, 0.717) is 5.56 Å². The molecule has 0 aliphatic carbocycles. The number of ether oxygens (including phenoxy) is 1. The van der Waals surface area contributed by atoms with Gasteiger partial charge >= 0.3 is 5.97 Å². The lowest BCUT2D eigenvalue weighted by molar-refractivity contribution is -0.119. The molecule has 0 radical (unpaired) electrons. The molecule has 5 heteroatoms. The van der Waals surface area contributed by atoms with E-state index in [4.69, 9.17) is 4.74 Å². The van der Waals surface area contributed by atoms with Crippen molar-refractivity contribution in [2.24, 2.45) is 0 Å². The molecule has 0 heterocycles. The Kier molecular flexibility index (Phi) is 6.78. The van der Waals surface area contributed by atoms with Crippen LogP contribution in [0.15, 0.2) is 42.5 Å². The standard InChI is InChI=1S/C21H26N2O3/c1-5-23(6-2)18-10-8-17(9-11-18)21(25)26-14-20(24)22-19-12-7-15(3)13-16(19)4/h7-13H,5-6,14H2,1-4H3,(H,22,24). The molecule has 0 aromatic heterocycles. The van der Waals surface area contributed by atoms with Gasteiger partial charge in [0.25, 0.3) is 5.91 Å². The molecule has 0 bridgehead atoms. The van der Waals surface area contributed by atoms with Crippen LogP contribution in [0.4, 0.5) is 11.4 Å². The lowest BCUT2D eigenvalue weighted by Gasteiger charge is -2.20. The zero-order chi connectivity index (χ0) is 19.1. The minimum Gasteiger partial charge on any atom is -0.452 e. The maximum atomic E-state index is 12.1. The van der Waals surface area contributed by atoms with E-state index in [9.17, 15) is 9.59 Å². The molecule has 2 aromatic rings. The van der Waals surface area contributed by atoms with E-state index in [1.807, 2.05) is 44.2 Å².